The number of rotatable bonds is 4. The maximum atomic E-state index is 11.8. The number of hydrogen-bond donors (Lipinski definition) is 2. The first kappa shape index (κ1) is 16.7. The molecule has 116 valence electrons. The van der Waals surface area contributed by atoms with Gasteiger partial charge in [-0.05, 0) is 59.5 Å². The first-order valence-corrected chi connectivity index (χ1v) is 8.47. The summed E-state index contributed by atoms with van der Waals surface area (Å²) < 4.78 is 0.874. The van der Waals surface area contributed by atoms with Crippen molar-refractivity contribution in [3.05, 3.63) is 55.7 Å². The van der Waals surface area contributed by atoms with Crippen LogP contribution in [0.15, 0.2) is 34.1 Å². The van der Waals surface area contributed by atoms with Gasteiger partial charge in [-0.15, -0.1) is 11.3 Å². The molecule has 2 rings (SSSR count). The van der Waals surface area contributed by atoms with E-state index in [1.807, 2.05) is 26.0 Å². The van der Waals surface area contributed by atoms with Crippen LogP contribution in [0.5, 0.6) is 0 Å². The Labute approximate surface area is 142 Å². The molecular weight excluding hydrogens is 364 g/mol. The highest BCUT2D eigenvalue weighted by Crippen LogP contribution is 2.21. The van der Waals surface area contributed by atoms with Gasteiger partial charge in [0.2, 0.25) is 5.91 Å². The Hall–Kier alpha value is -1.66. The maximum absolute atomic E-state index is 11.8. The van der Waals surface area contributed by atoms with E-state index < -0.39 is 0 Å². The Morgan fingerprint density at radius 2 is 1.91 bits per heavy atom. The normalized spacial score (nSPS) is 10.3. The molecule has 0 bridgehead atoms. The van der Waals surface area contributed by atoms with Crippen molar-refractivity contribution >= 4 is 39.1 Å². The molecule has 1 aromatic heterocycles. The molecule has 0 spiro atoms. The molecule has 1 heterocycles. The van der Waals surface area contributed by atoms with Gasteiger partial charge in [0.05, 0.1) is 8.66 Å². The number of amides is 2. The molecule has 6 heteroatoms. The van der Waals surface area contributed by atoms with E-state index in [9.17, 15) is 9.59 Å². The highest BCUT2D eigenvalue weighted by atomic mass is 79.9. The highest BCUT2D eigenvalue weighted by molar-refractivity contribution is 9.11. The van der Waals surface area contributed by atoms with Crippen LogP contribution in [-0.2, 0) is 11.2 Å². The molecule has 2 aromatic rings. The Balaban J connectivity index is 1.79. The summed E-state index contributed by atoms with van der Waals surface area (Å²) in [6, 6.07) is 9.67. The lowest BCUT2D eigenvalue weighted by molar-refractivity contribution is -0.121. The summed E-state index contributed by atoms with van der Waals surface area (Å²) in [6.07, 6.45) is 0.983. The summed E-state index contributed by atoms with van der Waals surface area (Å²) in [5, 5.41) is 0. The van der Waals surface area contributed by atoms with Crippen LogP contribution in [0, 0.1) is 13.8 Å². The fourth-order valence-electron chi connectivity index (χ4n) is 2.06. The molecule has 0 atom stereocenters. The van der Waals surface area contributed by atoms with Crippen molar-refractivity contribution in [1.82, 2.24) is 10.9 Å². The number of thiophene rings is 1. The Kier molecular flexibility index (Phi) is 5.74. The number of hydrazine groups is 1. The van der Waals surface area contributed by atoms with E-state index >= 15 is 0 Å². The summed E-state index contributed by atoms with van der Waals surface area (Å²) in [5.74, 6) is -0.514. The number of carbonyl (C=O) groups excluding carboxylic acids is 2. The third-order valence-corrected chi connectivity index (χ3v) is 4.85. The lowest BCUT2D eigenvalue weighted by Gasteiger charge is -2.08. The minimum atomic E-state index is -0.310. The number of hydrogen-bond acceptors (Lipinski definition) is 3. The van der Waals surface area contributed by atoms with Crippen LogP contribution in [0.2, 0.25) is 0 Å². The molecule has 0 radical (unpaired) electrons. The first-order valence-electron chi connectivity index (χ1n) is 6.86. The predicted molar refractivity (Wildman–Crippen MR) is 91.9 cm³/mol. The average Bonchev–Trinajstić information content (AvgIpc) is 2.90. The van der Waals surface area contributed by atoms with E-state index in [4.69, 9.17) is 0 Å². The van der Waals surface area contributed by atoms with E-state index in [1.54, 1.807) is 12.1 Å². The van der Waals surface area contributed by atoms with Crippen LogP contribution in [0.3, 0.4) is 0 Å². The van der Waals surface area contributed by atoms with Crippen molar-refractivity contribution in [2.24, 2.45) is 0 Å². The van der Waals surface area contributed by atoms with Crippen molar-refractivity contribution < 1.29 is 9.59 Å². The summed E-state index contributed by atoms with van der Waals surface area (Å²) in [6.45, 7) is 4.08. The third kappa shape index (κ3) is 4.68. The molecule has 0 aliphatic heterocycles. The predicted octanol–water partition coefficient (Wildman–Crippen LogP) is 3.52. The topological polar surface area (TPSA) is 58.2 Å². The van der Waals surface area contributed by atoms with E-state index in [-0.39, 0.29) is 11.8 Å². The van der Waals surface area contributed by atoms with Crippen molar-refractivity contribution in [3.8, 4) is 0 Å². The van der Waals surface area contributed by atoms with Crippen LogP contribution < -0.4 is 10.9 Å². The SMILES string of the molecule is Cc1ccc(CCC(=O)NNC(=O)c2ccc(Br)s2)c(C)c1. The molecule has 0 saturated carbocycles. The van der Waals surface area contributed by atoms with Crippen LogP contribution in [0.25, 0.3) is 0 Å². The van der Waals surface area contributed by atoms with Gasteiger partial charge in [0.25, 0.3) is 5.91 Å². The van der Waals surface area contributed by atoms with Gasteiger partial charge >= 0.3 is 0 Å². The molecule has 0 aliphatic carbocycles. The molecule has 2 N–H and O–H groups in total. The van der Waals surface area contributed by atoms with E-state index in [0.717, 1.165) is 9.35 Å². The smallest absolute Gasteiger partial charge is 0.273 e. The zero-order valence-electron chi connectivity index (χ0n) is 12.4. The van der Waals surface area contributed by atoms with Crippen LogP contribution >= 0.6 is 27.3 Å². The highest BCUT2D eigenvalue weighted by Gasteiger charge is 2.10. The minimum absolute atomic E-state index is 0.205. The molecule has 2 amide bonds. The summed E-state index contributed by atoms with van der Waals surface area (Å²) >= 11 is 4.61. The number of aryl methyl sites for hydroxylation is 3. The second-order valence-electron chi connectivity index (χ2n) is 5.04. The number of halogens is 1. The van der Waals surface area contributed by atoms with Gasteiger partial charge in [-0.1, -0.05) is 23.8 Å². The second-order valence-corrected chi connectivity index (χ2v) is 7.50. The van der Waals surface area contributed by atoms with E-state index in [2.05, 4.69) is 32.8 Å². The fourth-order valence-corrected chi connectivity index (χ4v) is 3.34. The van der Waals surface area contributed by atoms with Crippen molar-refractivity contribution in [2.75, 3.05) is 0 Å². The Morgan fingerprint density at radius 1 is 1.14 bits per heavy atom. The van der Waals surface area contributed by atoms with Crippen LogP contribution in [0.1, 0.15) is 32.8 Å². The zero-order chi connectivity index (χ0) is 16.1. The lowest BCUT2D eigenvalue weighted by atomic mass is 10.0. The number of nitrogens with one attached hydrogen (secondary N) is 2. The van der Waals surface area contributed by atoms with Crippen LogP contribution in [-0.4, -0.2) is 11.8 Å². The van der Waals surface area contributed by atoms with Gasteiger partial charge in [-0.25, -0.2) is 0 Å². The van der Waals surface area contributed by atoms with Gasteiger partial charge in [-0.2, -0.15) is 0 Å². The molecule has 0 aliphatic rings. The fraction of sp³-hybridized carbons (Fsp3) is 0.250. The first-order chi connectivity index (χ1) is 10.5. The van der Waals surface area contributed by atoms with Gasteiger partial charge in [-0.3, -0.25) is 20.4 Å². The van der Waals surface area contributed by atoms with Gasteiger partial charge in [0.15, 0.2) is 0 Å². The number of carbonyl (C=O) groups is 2. The molecule has 0 unspecified atom stereocenters. The van der Waals surface area contributed by atoms with Gasteiger partial charge in [0.1, 0.15) is 0 Å². The van der Waals surface area contributed by atoms with E-state index in [0.29, 0.717) is 17.7 Å². The monoisotopic (exact) mass is 380 g/mol. The standard InChI is InChI=1S/C16H17BrN2O2S/c1-10-3-4-12(11(2)9-10)5-8-15(20)18-19-16(21)13-6-7-14(17)22-13/h3-4,6-7,9H,5,8H2,1-2H3,(H,18,20)(H,19,21). The third-order valence-electron chi connectivity index (χ3n) is 3.23. The second kappa shape index (κ2) is 7.56. The molecule has 4 nitrogen and oxygen atoms in total. The Morgan fingerprint density at radius 3 is 2.55 bits per heavy atom. The van der Waals surface area contributed by atoms with Crippen LogP contribution in [0.4, 0.5) is 0 Å². The zero-order valence-corrected chi connectivity index (χ0v) is 14.8. The summed E-state index contributed by atoms with van der Waals surface area (Å²) in [4.78, 5) is 24.1. The van der Waals surface area contributed by atoms with Crippen molar-refractivity contribution in [3.63, 3.8) is 0 Å². The summed E-state index contributed by atoms with van der Waals surface area (Å²) in [7, 11) is 0. The van der Waals surface area contributed by atoms with Gasteiger partial charge in [0, 0.05) is 6.42 Å². The lowest BCUT2D eigenvalue weighted by Crippen LogP contribution is -2.41. The molecule has 1 aromatic carbocycles. The van der Waals surface area contributed by atoms with Gasteiger partial charge < -0.3 is 0 Å². The van der Waals surface area contributed by atoms with Crippen molar-refractivity contribution in [1.29, 1.82) is 0 Å². The average molecular weight is 381 g/mol. The maximum Gasteiger partial charge on any atom is 0.279 e. The summed E-state index contributed by atoms with van der Waals surface area (Å²) in [5.41, 5.74) is 8.40. The Bertz CT molecular complexity index is 697. The molecular formula is C16H17BrN2O2S. The molecule has 0 saturated heterocycles. The number of benzene rings is 1. The van der Waals surface area contributed by atoms with E-state index in [1.165, 1.54) is 22.5 Å². The molecule has 22 heavy (non-hydrogen) atoms. The quantitative estimate of drug-likeness (QED) is 0.797. The minimum Gasteiger partial charge on any atom is -0.273 e. The van der Waals surface area contributed by atoms with Crippen molar-refractivity contribution in [2.45, 2.75) is 26.7 Å². The molecule has 0 fully saturated rings. The largest absolute Gasteiger partial charge is 0.279 e.